The zero-order valence-corrected chi connectivity index (χ0v) is 16.4. The third-order valence-corrected chi connectivity index (χ3v) is 4.29. The first-order chi connectivity index (χ1) is 14.1. The Morgan fingerprint density at radius 1 is 1.00 bits per heavy atom. The number of para-hydroxylation sites is 1. The molecule has 12 heteroatoms. The van der Waals surface area contributed by atoms with Gasteiger partial charge in [0.25, 0.3) is 5.91 Å². The van der Waals surface area contributed by atoms with Gasteiger partial charge in [0.05, 0.1) is 33.4 Å². The van der Waals surface area contributed by atoms with E-state index in [1.165, 1.54) is 12.1 Å². The van der Waals surface area contributed by atoms with E-state index in [4.69, 9.17) is 33.4 Å². The molecule has 30 heavy (non-hydrogen) atoms. The van der Waals surface area contributed by atoms with Crippen LogP contribution in [0.25, 0.3) is 0 Å². The summed E-state index contributed by atoms with van der Waals surface area (Å²) in [6.45, 7) is 0. The molecule has 5 N–H and O–H groups in total. The van der Waals surface area contributed by atoms with Crippen LogP contribution in [0.5, 0.6) is 0 Å². The van der Waals surface area contributed by atoms with Crippen LogP contribution in [-0.2, 0) is 9.59 Å². The minimum Gasteiger partial charge on any atom is -0.481 e. The number of halogens is 3. The van der Waals surface area contributed by atoms with E-state index in [1.54, 1.807) is 6.07 Å². The molecule has 0 aliphatic rings. The third kappa shape index (κ3) is 6.06. The van der Waals surface area contributed by atoms with Crippen molar-refractivity contribution in [3.05, 3.63) is 57.8 Å². The van der Waals surface area contributed by atoms with Crippen LogP contribution < -0.4 is 16.0 Å². The van der Waals surface area contributed by atoms with Crippen molar-refractivity contribution < 1.29 is 33.8 Å². The number of nitrogens with one attached hydrogen (secondary N) is 3. The van der Waals surface area contributed by atoms with Gasteiger partial charge in [0.1, 0.15) is 11.9 Å². The number of urea groups is 1. The second-order valence-corrected chi connectivity index (χ2v) is 6.64. The Morgan fingerprint density at radius 3 is 2.20 bits per heavy atom. The Bertz CT molecular complexity index is 997. The first-order valence-corrected chi connectivity index (χ1v) is 8.91. The van der Waals surface area contributed by atoms with Crippen molar-refractivity contribution in [3.8, 4) is 0 Å². The highest BCUT2D eigenvalue weighted by atomic mass is 35.5. The van der Waals surface area contributed by atoms with Crippen LogP contribution in [0.3, 0.4) is 0 Å². The van der Waals surface area contributed by atoms with Crippen LogP contribution in [0.15, 0.2) is 36.4 Å². The highest BCUT2D eigenvalue weighted by molar-refractivity contribution is 6.39. The number of carbonyl (C=O) groups is 4. The lowest BCUT2D eigenvalue weighted by atomic mass is 10.1. The third-order valence-electron chi connectivity index (χ3n) is 3.66. The average molecular weight is 458 g/mol. The SMILES string of the molecule is O=C(O)C[C@H](NC(=O)c1ccc(F)cc1NC(=O)Nc1c(Cl)cccc1Cl)C(=O)O. The average Bonchev–Trinajstić information content (AvgIpc) is 2.64. The summed E-state index contributed by atoms with van der Waals surface area (Å²) in [6, 6.07) is 4.60. The first-order valence-electron chi connectivity index (χ1n) is 8.15. The van der Waals surface area contributed by atoms with E-state index in [9.17, 15) is 23.6 Å². The topological polar surface area (TPSA) is 145 Å². The number of aliphatic carboxylic acids is 2. The highest BCUT2D eigenvalue weighted by Gasteiger charge is 2.25. The molecule has 0 fully saturated rings. The standard InChI is InChI=1S/C18H14Cl2FN3O6/c19-10-2-1-3-11(20)15(10)24-18(30)23-12-6-8(21)4-5-9(12)16(27)22-13(17(28)29)7-14(25)26/h1-6,13H,7H2,(H,22,27)(H,25,26)(H,28,29)(H2,23,24,30)/t13-/m0/s1. The highest BCUT2D eigenvalue weighted by Crippen LogP contribution is 2.30. The van der Waals surface area contributed by atoms with Gasteiger partial charge in [-0.3, -0.25) is 9.59 Å². The van der Waals surface area contributed by atoms with E-state index in [0.717, 1.165) is 18.2 Å². The van der Waals surface area contributed by atoms with Crippen molar-refractivity contribution in [1.82, 2.24) is 5.32 Å². The van der Waals surface area contributed by atoms with Crippen molar-refractivity contribution in [3.63, 3.8) is 0 Å². The summed E-state index contributed by atoms with van der Waals surface area (Å²) in [5.41, 5.74) is -0.519. The minimum absolute atomic E-state index is 0.0770. The van der Waals surface area contributed by atoms with Gasteiger partial charge in [-0.15, -0.1) is 0 Å². The molecule has 1 atom stereocenters. The number of anilines is 2. The zero-order valence-electron chi connectivity index (χ0n) is 14.9. The second kappa shape index (κ2) is 9.90. The molecule has 0 unspecified atom stereocenters. The smallest absolute Gasteiger partial charge is 0.326 e. The molecule has 3 amide bonds. The summed E-state index contributed by atoms with van der Waals surface area (Å²) in [7, 11) is 0. The molecule has 0 bridgehead atoms. The fourth-order valence-electron chi connectivity index (χ4n) is 2.31. The maximum absolute atomic E-state index is 13.7. The van der Waals surface area contributed by atoms with Crippen LogP contribution in [0, 0.1) is 5.82 Å². The van der Waals surface area contributed by atoms with Crippen molar-refractivity contribution in [2.24, 2.45) is 0 Å². The summed E-state index contributed by atoms with van der Waals surface area (Å²) < 4.78 is 13.7. The summed E-state index contributed by atoms with van der Waals surface area (Å²) in [5.74, 6) is -4.85. The van der Waals surface area contributed by atoms with E-state index < -0.39 is 42.2 Å². The number of carboxylic acids is 2. The quantitative estimate of drug-likeness (QED) is 0.430. The Labute approximate surface area is 178 Å². The van der Waals surface area contributed by atoms with Gasteiger partial charge in [-0.1, -0.05) is 29.3 Å². The van der Waals surface area contributed by atoms with Crippen LogP contribution in [0.2, 0.25) is 10.0 Å². The lowest BCUT2D eigenvalue weighted by molar-refractivity contribution is -0.145. The van der Waals surface area contributed by atoms with Gasteiger partial charge in [0.15, 0.2) is 0 Å². The Morgan fingerprint density at radius 2 is 1.63 bits per heavy atom. The molecule has 0 aliphatic carbocycles. The first kappa shape index (κ1) is 22.9. The number of hydrogen-bond acceptors (Lipinski definition) is 4. The predicted octanol–water partition coefficient (Wildman–Crippen LogP) is 3.43. The maximum atomic E-state index is 13.7. The van der Waals surface area contributed by atoms with Crippen molar-refractivity contribution in [2.75, 3.05) is 10.6 Å². The number of amides is 3. The van der Waals surface area contributed by atoms with Gasteiger partial charge in [-0.2, -0.15) is 0 Å². The Hall–Kier alpha value is -3.37. The molecular weight excluding hydrogens is 444 g/mol. The van der Waals surface area contributed by atoms with Gasteiger partial charge in [-0.25, -0.2) is 14.0 Å². The molecule has 9 nitrogen and oxygen atoms in total. The zero-order chi connectivity index (χ0) is 22.4. The van der Waals surface area contributed by atoms with Crippen molar-refractivity contribution in [1.29, 1.82) is 0 Å². The summed E-state index contributed by atoms with van der Waals surface area (Å²) >= 11 is 11.9. The Balaban J connectivity index is 2.24. The van der Waals surface area contributed by atoms with Gasteiger partial charge in [0.2, 0.25) is 0 Å². The van der Waals surface area contributed by atoms with Crippen molar-refractivity contribution in [2.45, 2.75) is 12.5 Å². The van der Waals surface area contributed by atoms with E-state index in [-0.39, 0.29) is 27.0 Å². The van der Waals surface area contributed by atoms with Crippen molar-refractivity contribution >= 4 is 58.5 Å². The number of hydrogen-bond donors (Lipinski definition) is 5. The second-order valence-electron chi connectivity index (χ2n) is 5.83. The monoisotopic (exact) mass is 457 g/mol. The molecule has 0 aliphatic heterocycles. The van der Waals surface area contributed by atoms with E-state index in [1.807, 2.05) is 5.32 Å². The van der Waals surface area contributed by atoms with Gasteiger partial charge >= 0.3 is 18.0 Å². The van der Waals surface area contributed by atoms with Crippen LogP contribution >= 0.6 is 23.2 Å². The number of rotatable bonds is 7. The normalized spacial score (nSPS) is 11.3. The molecule has 2 aromatic carbocycles. The van der Waals surface area contributed by atoms with E-state index >= 15 is 0 Å². The number of carbonyl (C=O) groups excluding carboxylic acids is 2. The predicted molar refractivity (Wildman–Crippen MR) is 107 cm³/mol. The molecule has 0 aromatic heterocycles. The summed E-state index contributed by atoms with van der Waals surface area (Å²) in [6.07, 6.45) is -0.878. The van der Waals surface area contributed by atoms with Crippen LogP contribution in [0.4, 0.5) is 20.6 Å². The van der Waals surface area contributed by atoms with Gasteiger partial charge in [0, 0.05) is 0 Å². The lowest BCUT2D eigenvalue weighted by Gasteiger charge is -2.16. The molecule has 0 saturated heterocycles. The molecule has 2 aromatic rings. The number of benzene rings is 2. The fourth-order valence-corrected chi connectivity index (χ4v) is 2.80. The van der Waals surface area contributed by atoms with Gasteiger partial charge < -0.3 is 26.2 Å². The molecule has 158 valence electrons. The molecule has 0 heterocycles. The van der Waals surface area contributed by atoms with Crippen LogP contribution in [0.1, 0.15) is 16.8 Å². The fraction of sp³-hybridized carbons (Fsp3) is 0.111. The van der Waals surface area contributed by atoms with Gasteiger partial charge in [-0.05, 0) is 30.3 Å². The largest absolute Gasteiger partial charge is 0.481 e. The molecular formula is C18H14Cl2FN3O6. The molecule has 0 spiro atoms. The summed E-state index contributed by atoms with van der Waals surface area (Å²) in [5, 5.41) is 24.7. The minimum atomic E-state index is -1.73. The van der Waals surface area contributed by atoms with Crippen LogP contribution in [-0.4, -0.2) is 40.1 Å². The van der Waals surface area contributed by atoms with E-state index in [0.29, 0.717) is 0 Å². The van der Waals surface area contributed by atoms with E-state index in [2.05, 4.69) is 10.6 Å². The Kier molecular flexibility index (Phi) is 7.56. The molecule has 0 saturated carbocycles. The molecule has 2 rings (SSSR count). The lowest BCUT2D eigenvalue weighted by Crippen LogP contribution is -2.42. The molecule has 0 radical (unpaired) electrons. The maximum Gasteiger partial charge on any atom is 0.326 e. The summed E-state index contributed by atoms with van der Waals surface area (Å²) in [4.78, 5) is 46.6. The number of carboxylic acid groups (broad SMARTS) is 2.